The fourth-order valence-corrected chi connectivity index (χ4v) is 5.63. The smallest absolute Gasteiger partial charge is 0.244 e. The molecule has 1 heterocycles. The molecule has 0 saturated heterocycles. The Balaban J connectivity index is 2.82. The standard InChI is InChI=1S/C14H25BrN2O2S2/c1-5-6-7-8-17(4)21(18,19)13-9-12(20-14(13)15)10-16-11(2)3/h9,11,16H,5-8,10H2,1-4H3. The predicted molar refractivity (Wildman–Crippen MR) is 93.3 cm³/mol. The molecule has 1 rings (SSSR count). The van der Waals surface area contributed by atoms with Crippen LogP contribution in [0.4, 0.5) is 0 Å². The number of unbranched alkanes of at least 4 members (excludes halogenated alkanes) is 2. The topological polar surface area (TPSA) is 49.4 Å². The van der Waals surface area contributed by atoms with Gasteiger partial charge in [0.25, 0.3) is 0 Å². The summed E-state index contributed by atoms with van der Waals surface area (Å²) in [6, 6.07) is 2.15. The van der Waals surface area contributed by atoms with Gasteiger partial charge in [-0.3, -0.25) is 0 Å². The lowest BCUT2D eigenvalue weighted by Crippen LogP contribution is -2.28. The lowest BCUT2D eigenvalue weighted by Gasteiger charge is -2.16. The van der Waals surface area contributed by atoms with Gasteiger partial charge in [0, 0.05) is 31.1 Å². The van der Waals surface area contributed by atoms with Crippen molar-refractivity contribution in [1.29, 1.82) is 0 Å². The second-order valence-corrected chi connectivity index (χ2v) is 9.89. The zero-order valence-electron chi connectivity index (χ0n) is 13.1. The lowest BCUT2D eigenvalue weighted by atomic mass is 10.2. The predicted octanol–water partition coefficient (Wildman–Crippen LogP) is 3.82. The normalized spacial score (nSPS) is 12.5. The van der Waals surface area contributed by atoms with E-state index in [0.29, 0.717) is 27.8 Å². The third-order valence-corrected chi connectivity index (χ3v) is 7.26. The van der Waals surface area contributed by atoms with Crippen LogP contribution in [0.1, 0.15) is 44.9 Å². The van der Waals surface area contributed by atoms with E-state index in [-0.39, 0.29) is 0 Å². The largest absolute Gasteiger partial charge is 0.310 e. The highest BCUT2D eigenvalue weighted by atomic mass is 79.9. The molecule has 0 aromatic carbocycles. The molecule has 1 aromatic heterocycles. The molecule has 7 heteroatoms. The highest BCUT2D eigenvalue weighted by Gasteiger charge is 2.25. The van der Waals surface area contributed by atoms with E-state index in [1.165, 1.54) is 15.6 Å². The first-order chi connectivity index (χ1) is 9.78. The Hall–Kier alpha value is 0.0500. The summed E-state index contributed by atoms with van der Waals surface area (Å²) in [4.78, 5) is 1.41. The maximum absolute atomic E-state index is 12.6. The van der Waals surface area contributed by atoms with Crippen LogP contribution in [-0.2, 0) is 16.6 Å². The van der Waals surface area contributed by atoms with Crippen molar-refractivity contribution in [1.82, 2.24) is 9.62 Å². The van der Waals surface area contributed by atoms with Crippen LogP contribution in [0, 0.1) is 0 Å². The molecular weight excluding hydrogens is 372 g/mol. The van der Waals surface area contributed by atoms with Crippen LogP contribution >= 0.6 is 27.3 Å². The number of hydrogen-bond donors (Lipinski definition) is 1. The molecule has 0 aliphatic carbocycles. The molecule has 21 heavy (non-hydrogen) atoms. The van der Waals surface area contributed by atoms with Gasteiger partial charge in [-0.1, -0.05) is 33.6 Å². The van der Waals surface area contributed by atoms with Crippen LogP contribution in [0.25, 0.3) is 0 Å². The van der Waals surface area contributed by atoms with E-state index in [9.17, 15) is 8.42 Å². The van der Waals surface area contributed by atoms with E-state index in [4.69, 9.17) is 0 Å². The van der Waals surface area contributed by atoms with Crippen molar-refractivity contribution in [3.05, 3.63) is 14.7 Å². The second kappa shape index (κ2) is 8.62. The first-order valence-corrected chi connectivity index (χ1v) is 10.3. The van der Waals surface area contributed by atoms with E-state index in [1.807, 2.05) is 0 Å². The number of nitrogens with one attached hydrogen (secondary N) is 1. The number of sulfonamides is 1. The molecule has 1 aromatic rings. The van der Waals surface area contributed by atoms with E-state index < -0.39 is 10.0 Å². The molecule has 0 aliphatic rings. The van der Waals surface area contributed by atoms with Gasteiger partial charge in [-0.15, -0.1) is 11.3 Å². The molecule has 0 saturated carbocycles. The van der Waals surface area contributed by atoms with Crippen LogP contribution in [-0.4, -0.2) is 32.4 Å². The zero-order valence-corrected chi connectivity index (χ0v) is 16.4. The minimum Gasteiger partial charge on any atom is -0.310 e. The SMILES string of the molecule is CCCCCN(C)S(=O)(=O)c1cc(CNC(C)C)sc1Br. The fourth-order valence-electron chi connectivity index (χ4n) is 1.84. The van der Waals surface area contributed by atoms with Gasteiger partial charge >= 0.3 is 0 Å². The Kier molecular flexibility index (Phi) is 7.84. The van der Waals surface area contributed by atoms with Gasteiger partial charge in [0.2, 0.25) is 10.0 Å². The van der Waals surface area contributed by atoms with Gasteiger partial charge in [-0.05, 0) is 28.4 Å². The van der Waals surface area contributed by atoms with Crippen molar-refractivity contribution < 1.29 is 8.42 Å². The van der Waals surface area contributed by atoms with Gasteiger partial charge < -0.3 is 5.32 Å². The van der Waals surface area contributed by atoms with Gasteiger partial charge in [0.15, 0.2) is 0 Å². The number of hydrogen-bond acceptors (Lipinski definition) is 4. The van der Waals surface area contributed by atoms with Crippen molar-refractivity contribution >= 4 is 37.3 Å². The molecular formula is C14H25BrN2O2S2. The van der Waals surface area contributed by atoms with Crippen LogP contribution < -0.4 is 5.32 Å². The summed E-state index contributed by atoms with van der Waals surface area (Å²) < 4.78 is 27.3. The van der Waals surface area contributed by atoms with Crippen LogP contribution in [0.2, 0.25) is 0 Å². The summed E-state index contributed by atoms with van der Waals surface area (Å²) >= 11 is 4.87. The summed E-state index contributed by atoms with van der Waals surface area (Å²) in [7, 11) is -1.74. The first kappa shape index (κ1) is 19.1. The van der Waals surface area contributed by atoms with E-state index in [2.05, 4.69) is 42.0 Å². The Morgan fingerprint density at radius 3 is 2.62 bits per heavy atom. The quantitative estimate of drug-likeness (QED) is 0.645. The maximum atomic E-state index is 12.6. The van der Waals surface area contributed by atoms with Gasteiger partial charge in [0.1, 0.15) is 4.90 Å². The number of halogens is 1. The summed E-state index contributed by atoms with van der Waals surface area (Å²) in [5.74, 6) is 0. The van der Waals surface area contributed by atoms with Gasteiger partial charge in [0.05, 0.1) is 3.79 Å². The van der Waals surface area contributed by atoms with E-state index in [1.54, 1.807) is 13.1 Å². The molecule has 0 aliphatic heterocycles. The lowest BCUT2D eigenvalue weighted by molar-refractivity contribution is 0.454. The minimum absolute atomic E-state index is 0.377. The molecule has 0 atom stereocenters. The van der Waals surface area contributed by atoms with Crippen molar-refractivity contribution in [2.24, 2.45) is 0 Å². The average molecular weight is 397 g/mol. The molecule has 122 valence electrons. The summed E-state index contributed by atoms with van der Waals surface area (Å²) in [5, 5.41) is 3.31. The van der Waals surface area contributed by atoms with Crippen molar-refractivity contribution in [2.45, 2.75) is 57.5 Å². The van der Waals surface area contributed by atoms with Crippen LogP contribution in [0.15, 0.2) is 14.7 Å². The molecule has 0 amide bonds. The van der Waals surface area contributed by atoms with E-state index >= 15 is 0 Å². The Morgan fingerprint density at radius 1 is 1.38 bits per heavy atom. The van der Waals surface area contributed by atoms with Crippen molar-refractivity contribution in [2.75, 3.05) is 13.6 Å². The molecule has 0 spiro atoms. The zero-order chi connectivity index (χ0) is 16.0. The summed E-state index contributed by atoms with van der Waals surface area (Å²) in [5.41, 5.74) is 0. The second-order valence-electron chi connectivity index (χ2n) is 5.42. The van der Waals surface area contributed by atoms with Gasteiger partial charge in [-0.25, -0.2) is 12.7 Å². The number of nitrogens with zero attached hydrogens (tertiary/aromatic N) is 1. The van der Waals surface area contributed by atoms with E-state index in [0.717, 1.165) is 24.1 Å². The first-order valence-electron chi connectivity index (χ1n) is 7.27. The average Bonchev–Trinajstić information content (AvgIpc) is 2.78. The Labute approximate surface area is 141 Å². The van der Waals surface area contributed by atoms with Crippen LogP contribution in [0.5, 0.6) is 0 Å². The molecule has 0 fully saturated rings. The number of rotatable bonds is 9. The maximum Gasteiger partial charge on any atom is 0.244 e. The monoisotopic (exact) mass is 396 g/mol. The molecule has 0 radical (unpaired) electrons. The highest BCUT2D eigenvalue weighted by molar-refractivity contribution is 9.11. The summed E-state index contributed by atoms with van der Waals surface area (Å²) in [6.45, 7) is 7.51. The highest BCUT2D eigenvalue weighted by Crippen LogP contribution is 2.33. The Bertz CT molecular complexity index is 541. The number of thiophene rings is 1. The minimum atomic E-state index is -3.40. The third kappa shape index (κ3) is 5.63. The molecule has 1 N–H and O–H groups in total. The Morgan fingerprint density at radius 2 is 2.05 bits per heavy atom. The molecule has 4 nitrogen and oxygen atoms in total. The summed E-state index contributed by atoms with van der Waals surface area (Å²) in [6.07, 6.45) is 3.03. The van der Waals surface area contributed by atoms with Crippen LogP contribution in [0.3, 0.4) is 0 Å². The molecule has 0 bridgehead atoms. The van der Waals surface area contributed by atoms with Crippen molar-refractivity contribution in [3.8, 4) is 0 Å². The third-order valence-electron chi connectivity index (χ3n) is 3.16. The van der Waals surface area contributed by atoms with Gasteiger partial charge in [-0.2, -0.15) is 0 Å². The fraction of sp³-hybridized carbons (Fsp3) is 0.714. The molecule has 0 unspecified atom stereocenters. The van der Waals surface area contributed by atoms with Crippen molar-refractivity contribution in [3.63, 3.8) is 0 Å².